The Labute approximate surface area is 168 Å². The molecule has 2 aromatic rings. The van der Waals surface area contributed by atoms with Crippen molar-refractivity contribution in [3.63, 3.8) is 0 Å². The Morgan fingerprint density at radius 1 is 1.17 bits per heavy atom. The lowest BCUT2D eigenvalue weighted by Gasteiger charge is -2.29. The van der Waals surface area contributed by atoms with E-state index >= 15 is 0 Å². The minimum Gasteiger partial charge on any atom is -0.433 e. The summed E-state index contributed by atoms with van der Waals surface area (Å²) in [6.45, 7) is 2.27. The van der Waals surface area contributed by atoms with Gasteiger partial charge in [0.05, 0.1) is 12.3 Å². The van der Waals surface area contributed by atoms with Gasteiger partial charge < -0.3 is 15.4 Å². The minimum atomic E-state index is -0.834. The van der Waals surface area contributed by atoms with Gasteiger partial charge in [-0.25, -0.2) is 14.6 Å². The number of benzene rings is 1. The second-order valence-electron chi connectivity index (χ2n) is 6.15. The predicted octanol–water partition coefficient (Wildman–Crippen LogP) is 3.93. The predicted molar refractivity (Wildman–Crippen MR) is 110 cm³/mol. The zero-order chi connectivity index (χ0) is 20.6. The largest absolute Gasteiger partial charge is 0.533 e. The molecule has 0 aliphatic carbocycles. The van der Waals surface area contributed by atoms with Crippen molar-refractivity contribution in [2.75, 3.05) is 29.4 Å². The lowest BCUT2D eigenvalue weighted by atomic mass is 10.1. The second kappa shape index (κ2) is 9.45. The SMILES string of the molecule is CCCCOC(=O)ON1C(c2ccccc2)=CNc2ccc(NC(=O)NC)nc21. The minimum absolute atomic E-state index is 0.268. The summed E-state index contributed by atoms with van der Waals surface area (Å²) in [6, 6.07) is 12.4. The van der Waals surface area contributed by atoms with Gasteiger partial charge in [-0.1, -0.05) is 43.7 Å². The molecule has 2 amide bonds. The van der Waals surface area contributed by atoms with Crippen molar-refractivity contribution in [1.29, 1.82) is 0 Å². The molecule has 0 spiro atoms. The summed E-state index contributed by atoms with van der Waals surface area (Å²) in [5.74, 6) is 0.611. The van der Waals surface area contributed by atoms with Crippen LogP contribution in [0.5, 0.6) is 0 Å². The number of nitrogens with zero attached hydrogens (tertiary/aromatic N) is 2. The van der Waals surface area contributed by atoms with Crippen LogP contribution in [0.2, 0.25) is 0 Å². The Kier molecular flexibility index (Phi) is 6.51. The number of pyridine rings is 1. The van der Waals surface area contributed by atoms with Crippen LogP contribution < -0.4 is 21.0 Å². The van der Waals surface area contributed by atoms with E-state index in [2.05, 4.69) is 20.9 Å². The van der Waals surface area contributed by atoms with Gasteiger partial charge in [-0.15, -0.1) is 5.06 Å². The number of anilines is 3. The van der Waals surface area contributed by atoms with Gasteiger partial charge in [-0.2, -0.15) is 0 Å². The van der Waals surface area contributed by atoms with Gasteiger partial charge in [0.2, 0.25) is 0 Å². The highest BCUT2D eigenvalue weighted by molar-refractivity contribution is 5.91. The summed E-state index contributed by atoms with van der Waals surface area (Å²) in [7, 11) is 1.51. The molecule has 0 saturated carbocycles. The first-order chi connectivity index (χ1) is 14.1. The fourth-order valence-electron chi connectivity index (χ4n) is 2.59. The van der Waals surface area contributed by atoms with Gasteiger partial charge in [0, 0.05) is 18.8 Å². The summed E-state index contributed by atoms with van der Waals surface area (Å²) >= 11 is 0. The number of urea groups is 1. The third-order valence-corrected chi connectivity index (χ3v) is 4.07. The molecule has 0 saturated heterocycles. The van der Waals surface area contributed by atoms with E-state index in [0.717, 1.165) is 18.4 Å². The number of hydrogen-bond donors (Lipinski definition) is 3. The smallest absolute Gasteiger partial charge is 0.433 e. The molecule has 1 aliphatic heterocycles. The first-order valence-corrected chi connectivity index (χ1v) is 9.29. The molecule has 0 fully saturated rings. The molecule has 1 aromatic carbocycles. The molecule has 0 radical (unpaired) electrons. The third kappa shape index (κ3) is 4.95. The third-order valence-electron chi connectivity index (χ3n) is 4.07. The maximum absolute atomic E-state index is 12.2. The maximum Gasteiger partial charge on any atom is 0.533 e. The van der Waals surface area contributed by atoms with Gasteiger partial charge in [0.15, 0.2) is 5.82 Å². The van der Waals surface area contributed by atoms with E-state index in [1.807, 2.05) is 37.3 Å². The summed E-state index contributed by atoms with van der Waals surface area (Å²) in [5, 5.41) is 9.50. The number of rotatable bonds is 6. The molecule has 9 heteroatoms. The zero-order valence-electron chi connectivity index (χ0n) is 16.3. The number of amides is 2. The number of carbonyl (C=O) groups is 2. The Balaban J connectivity index is 1.92. The molecule has 152 valence electrons. The number of unbranched alkanes of at least 4 members (excludes halogenated alkanes) is 1. The Bertz CT molecular complexity index is 901. The normalized spacial score (nSPS) is 12.2. The number of hydroxylamine groups is 1. The molecule has 3 N–H and O–H groups in total. The number of fused-ring (bicyclic) bond motifs is 1. The van der Waals surface area contributed by atoms with E-state index in [9.17, 15) is 9.59 Å². The summed E-state index contributed by atoms with van der Waals surface area (Å²) in [4.78, 5) is 33.8. The molecular formula is C20H23N5O4. The van der Waals surface area contributed by atoms with Crippen molar-refractivity contribution >= 4 is 35.2 Å². The van der Waals surface area contributed by atoms with Crippen molar-refractivity contribution in [3.8, 4) is 0 Å². The lowest BCUT2D eigenvalue weighted by Crippen LogP contribution is -2.31. The molecule has 1 aliphatic rings. The van der Waals surface area contributed by atoms with Crippen LogP contribution in [0.1, 0.15) is 25.3 Å². The van der Waals surface area contributed by atoms with Crippen LogP contribution in [-0.4, -0.2) is 30.8 Å². The maximum atomic E-state index is 12.2. The van der Waals surface area contributed by atoms with Crippen molar-refractivity contribution in [2.45, 2.75) is 19.8 Å². The standard InChI is InChI=1S/C20H23N5O4/c1-3-4-12-28-20(27)29-25-16(14-8-6-5-7-9-14)13-22-15-10-11-17(23-18(15)25)24-19(26)21-2/h5-11,13,22H,3-4,12H2,1-2H3,(H2,21,23,24,26). The van der Waals surface area contributed by atoms with Gasteiger partial charge in [0.25, 0.3) is 0 Å². The summed E-state index contributed by atoms with van der Waals surface area (Å²) in [6.07, 6.45) is 2.52. The van der Waals surface area contributed by atoms with E-state index in [1.165, 1.54) is 12.1 Å². The van der Waals surface area contributed by atoms with Crippen LogP contribution in [0.25, 0.3) is 5.70 Å². The fraction of sp³-hybridized carbons (Fsp3) is 0.250. The number of aromatic nitrogens is 1. The summed E-state index contributed by atoms with van der Waals surface area (Å²) in [5.41, 5.74) is 1.97. The molecule has 0 unspecified atom stereocenters. The van der Waals surface area contributed by atoms with E-state index in [0.29, 0.717) is 23.0 Å². The molecule has 29 heavy (non-hydrogen) atoms. The Morgan fingerprint density at radius 3 is 2.69 bits per heavy atom. The van der Waals surface area contributed by atoms with Crippen molar-refractivity contribution in [1.82, 2.24) is 10.3 Å². The average Bonchev–Trinajstić information content (AvgIpc) is 2.74. The molecule has 0 bridgehead atoms. The second-order valence-corrected chi connectivity index (χ2v) is 6.15. The number of ether oxygens (including phenoxy) is 1. The Hall–Kier alpha value is -3.75. The van der Waals surface area contributed by atoms with Crippen LogP contribution in [0.3, 0.4) is 0 Å². The van der Waals surface area contributed by atoms with Crippen molar-refractivity contribution in [2.24, 2.45) is 0 Å². The molecular weight excluding hydrogens is 374 g/mol. The number of nitrogens with one attached hydrogen (secondary N) is 3. The van der Waals surface area contributed by atoms with Crippen LogP contribution in [0, 0.1) is 0 Å². The van der Waals surface area contributed by atoms with E-state index in [4.69, 9.17) is 9.57 Å². The fourth-order valence-corrected chi connectivity index (χ4v) is 2.59. The average molecular weight is 397 g/mol. The number of carbonyl (C=O) groups excluding carboxylic acids is 2. The quantitative estimate of drug-likeness (QED) is 0.501. The van der Waals surface area contributed by atoms with Gasteiger partial charge in [-0.05, 0) is 18.6 Å². The molecule has 0 atom stereocenters. The highest BCUT2D eigenvalue weighted by atomic mass is 16.8. The first kappa shape index (κ1) is 20.0. The topological polar surface area (TPSA) is 105 Å². The lowest BCUT2D eigenvalue weighted by molar-refractivity contribution is 0.0545. The van der Waals surface area contributed by atoms with Crippen LogP contribution >= 0.6 is 0 Å². The zero-order valence-corrected chi connectivity index (χ0v) is 16.3. The van der Waals surface area contributed by atoms with E-state index in [1.54, 1.807) is 18.3 Å². The van der Waals surface area contributed by atoms with Gasteiger partial charge >= 0.3 is 12.2 Å². The molecule has 2 heterocycles. The van der Waals surface area contributed by atoms with Crippen molar-refractivity contribution in [3.05, 3.63) is 54.2 Å². The molecule has 3 rings (SSSR count). The van der Waals surface area contributed by atoms with Crippen LogP contribution in [0.4, 0.5) is 26.9 Å². The van der Waals surface area contributed by atoms with Crippen LogP contribution in [-0.2, 0) is 9.57 Å². The van der Waals surface area contributed by atoms with Crippen LogP contribution in [0.15, 0.2) is 48.7 Å². The molecule has 9 nitrogen and oxygen atoms in total. The van der Waals surface area contributed by atoms with E-state index in [-0.39, 0.29) is 6.61 Å². The van der Waals surface area contributed by atoms with Gasteiger partial charge in [-0.3, -0.25) is 10.2 Å². The highest BCUT2D eigenvalue weighted by Crippen LogP contribution is 2.36. The summed E-state index contributed by atoms with van der Waals surface area (Å²) < 4.78 is 5.14. The van der Waals surface area contributed by atoms with Crippen molar-refractivity contribution < 1.29 is 19.2 Å². The number of hydrogen-bond acceptors (Lipinski definition) is 7. The molecule has 1 aromatic heterocycles. The van der Waals surface area contributed by atoms with Gasteiger partial charge in [0.1, 0.15) is 11.5 Å². The first-order valence-electron chi connectivity index (χ1n) is 9.29. The monoisotopic (exact) mass is 397 g/mol. The van der Waals surface area contributed by atoms with E-state index < -0.39 is 12.2 Å². The Morgan fingerprint density at radius 2 is 1.97 bits per heavy atom. The highest BCUT2D eigenvalue weighted by Gasteiger charge is 2.28.